The maximum absolute atomic E-state index is 3.60. The third-order valence-electron chi connectivity index (χ3n) is 3.86. The molecule has 1 saturated heterocycles. The number of hydrogen-bond acceptors (Lipinski definition) is 2. The summed E-state index contributed by atoms with van der Waals surface area (Å²) >= 11 is 0. The van der Waals surface area contributed by atoms with E-state index in [2.05, 4.69) is 55.4 Å². The number of benzene rings is 1. The first-order chi connectivity index (χ1) is 8.67. The van der Waals surface area contributed by atoms with Gasteiger partial charge in [0.2, 0.25) is 0 Å². The van der Waals surface area contributed by atoms with Crippen LogP contribution in [0.2, 0.25) is 0 Å². The third-order valence-corrected chi connectivity index (χ3v) is 3.86. The topological polar surface area (TPSA) is 15.3 Å². The lowest BCUT2D eigenvalue weighted by atomic mass is 9.89. The second-order valence-corrected chi connectivity index (χ2v) is 5.77. The van der Waals surface area contributed by atoms with Gasteiger partial charge < -0.3 is 10.2 Å². The van der Waals surface area contributed by atoms with Crippen LogP contribution >= 0.6 is 0 Å². The molecule has 1 fully saturated rings. The van der Waals surface area contributed by atoms with E-state index in [0.717, 1.165) is 12.5 Å². The molecule has 1 N–H and O–H groups in total. The van der Waals surface area contributed by atoms with Crippen molar-refractivity contribution in [2.45, 2.75) is 32.7 Å². The molecule has 0 aromatic heterocycles. The molecule has 1 aliphatic rings. The van der Waals surface area contributed by atoms with Crippen molar-refractivity contribution in [3.05, 3.63) is 35.4 Å². The van der Waals surface area contributed by atoms with Crippen molar-refractivity contribution in [1.29, 1.82) is 0 Å². The normalized spacial score (nSPS) is 25.3. The van der Waals surface area contributed by atoms with Gasteiger partial charge in [0, 0.05) is 19.1 Å². The van der Waals surface area contributed by atoms with Crippen LogP contribution in [0.3, 0.4) is 0 Å². The molecular weight excluding hydrogens is 220 g/mol. The van der Waals surface area contributed by atoms with E-state index in [4.69, 9.17) is 0 Å². The van der Waals surface area contributed by atoms with Crippen LogP contribution < -0.4 is 5.32 Å². The summed E-state index contributed by atoms with van der Waals surface area (Å²) in [7, 11) is 2.24. The molecule has 1 heterocycles. The Labute approximate surface area is 111 Å². The highest BCUT2D eigenvalue weighted by Gasteiger charge is 2.24. The van der Waals surface area contributed by atoms with Crippen molar-refractivity contribution in [3.63, 3.8) is 0 Å². The van der Waals surface area contributed by atoms with Crippen LogP contribution in [0.25, 0.3) is 0 Å². The summed E-state index contributed by atoms with van der Waals surface area (Å²) in [5.74, 6) is 0.788. The molecule has 2 unspecified atom stereocenters. The van der Waals surface area contributed by atoms with Crippen LogP contribution in [0.15, 0.2) is 24.3 Å². The van der Waals surface area contributed by atoms with Crippen LogP contribution in [0.1, 0.15) is 24.5 Å². The molecule has 0 amide bonds. The molecule has 2 heteroatoms. The first kappa shape index (κ1) is 13.6. The number of nitrogens with one attached hydrogen (secondary N) is 1. The summed E-state index contributed by atoms with van der Waals surface area (Å²) in [5.41, 5.74) is 2.83. The fraction of sp³-hybridized carbons (Fsp3) is 0.625. The van der Waals surface area contributed by atoms with Gasteiger partial charge in [-0.25, -0.2) is 0 Å². The van der Waals surface area contributed by atoms with Gasteiger partial charge in [0.1, 0.15) is 0 Å². The van der Waals surface area contributed by atoms with Gasteiger partial charge in [-0.3, -0.25) is 0 Å². The van der Waals surface area contributed by atoms with Crippen molar-refractivity contribution < 1.29 is 0 Å². The molecule has 18 heavy (non-hydrogen) atoms. The molecule has 1 aromatic rings. The zero-order valence-electron chi connectivity index (χ0n) is 11.9. The average molecular weight is 246 g/mol. The van der Waals surface area contributed by atoms with Gasteiger partial charge in [-0.1, -0.05) is 36.8 Å². The van der Waals surface area contributed by atoms with E-state index in [1.54, 1.807) is 0 Å². The van der Waals surface area contributed by atoms with Crippen LogP contribution in [0, 0.1) is 12.8 Å². The van der Waals surface area contributed by atoms with Crippen molar-refractivity contribution in [1.82, 2.24) is 10.2 Å². The van der Waals surface area contributed by atoms with Crippen molar-refractivity contribution in [2.75, 3.05) is 26.7 Å². The maximum atomic E-state index is 3.60. The lowest BCUT2D eigenvalue weighted by Crippen LogP contribution is -2.48. The molecule has 0 bridgehead atoms. The van der Waals surface area contributed by atoms with E-state index >= 15 is 0 Å². The predicted molar refractivity (Wildman–Crippen MR) is 78.0 cm³/mol. The fourth-order valence-corrected chi connectivity index (χ4v) is 3.08. The van der Waals surface area contributed by atoms with Gasteiger partial charge in [0.15, 0.2) is 0 Å². The highest BCUT2D eigenvalue weighted by Crippen LogP contribution is 2.20. The highest BCUT2D eigenvalue weighted by molar-refractivity contribution is 5.21. The van der Waals surface area contributed by atoms with E-state index < -0.39 is 0 Å². The zero-order chi connectivity index (χ0) is 13.0. The molecule has 0 radical (unpaired) electrons. The minimum Gasteiger partial charge on any atom is -0.313 e. The first-order valence-electron chi connectivity index (χ1n) is 7.15. The van der Waals surface area contributed by atoms with Crippen LogP contribution in [0.4, 0.5) is 0 Å². The number of likely N-dealkylation sites (N-methyl/N-ethyl adjacent to an activating group) is 2. The second-order valence-electron chi connectivity index (χ2n) is 5.77. The SMILES string of the molecule is CCNC1CC(Cc2ccc(C)cc2)CN(C)C1. The van der Waals surface area contributed by atoms with E-state index in [1.165, 1.54) is 37.1 Å². The smallest absolute Gasteiger partial charge is 0.0198 e. The monoisotopic (exact) mass is 246 g/mol. The summed E-state index contributed by atoms with van der Waals surface area (Å²) < 4.78 is 0. The zero-order valence-corrected chi connectivity index (χ0v) is 11.9. The Morgan fingerprint density at radius 2 is 1.94 bits per heavy atom. The number of piperidine rings is 1. The summed E-state index contributed by atoms with van der Waals surface area (Å²) in [6, 6.07) is 9.69. The summed E-state index contributed by atoms with van der Waals surface area (Å²) in [4.78, 5) is 2.47. The van der Waals surface area contributed by atoms with E-state index in [0.29, 0.717) is 6.04 Å². The lowest BCUT2D eigenvalue weighted by molar-refractivity contribution is 0.170. The Morgan fingerprint density at radius 1 is 1.22 bits per heavy atom. The highest BCUT2D eigenvalue weighted by atomic mass is 15.1. The lowest BCUT2D eigenvalue weighted by Gasteiger charge is -2.36. The van der Waals surface area contributed by atoms with Gasteiger partial charge in [-0.15, -0.1) is 0 Å². The van der Waals surface area contributed by atoms with Gasteiger partial charge in [-0.05, 0) is 44.8 Å². The number of nitrogens with zero attached hydrogens (tertiary/aromatic N) is 1. The largest absolute Gasteiger partial charge is 0.313 e. The Kier molecular flexibility index (Phi) is 4.79. The predicted octanol–water partition coefficient (Wildman–Crippen LogP) is 2.47. The summed E-state index contributed by atoms with van der Waals surface area (Å²) in [5, 5.41) is 3.60. The first-order valence-corrected chi connectivity index (χ1v) is 7.15. The van der Waals surface area contributed by atoms with Crippen LogP contribution in [0.5, 0.6) is 0 Å². The quantitative estimate of drug-likeness (QED) is 0.878. The molecule has 2 nitrogen and oxygen atoms in total. The van der Waals surface area contributed by atoms with Crippen molar-refractivity contribution in [2.24, 2.45) is 5.92 Å². The Balaban J connectivity index is 1.93. The van der Waals surface area contributed by atoms with E-state index in [-0.39, 0.29) is 0 Å². The number of rotatable bonds is 4. The van der Waals surface area contributed by atoms with E-state index in [1.807, 2.05) is 0 Å². The molecule has 1 aromatic carbocycles. The summed E-state index contributed by atoms with van der Waals surface area (Å²) in [6.45, 7) is 7.85. The molecule has 2 rings (SSSR count). The standard InChI is InChI=1S/C16H26N2/c1-4-17-16-10-15(11-18(3)12-16)9-14-7-5-13(2)6-8-14/h5-8,15-17H,4,9-12H2,1-3H3. The molecule has 100 valence electrons. The summed E-state index contributed by atoms with van der Waals surface area (Å²) in [6.07, 6.45) is 2.53. The Bertz CT molecular complexity index is 358. The van der Waals surface area contributed by atoms with Crippen LogP contribution in [-0.4, -0.2) is 37.6 Å². The number of hydrogen-bond donors (Lipinski definition) is 1. The molecule has 1 aliphatic heterocycles. The van der Waals surface area contributed by atoms with Crippen LogP contribution in [-0.2, 0) is 6.42 Å². The average Bonchev–Trinajstić information content (AvgIpc) is 2.32. The molecule has 0 saturated carbocycles. The number of aryl methyl sites for hydroxylation is 1. The van der Waals surface area contributed by atoms with Gasteiger partial charge in [0.25, 0.3) is 0 Å². The van der Waals surface area contributed by atoms with Gasteiger partial charge in [0.05, 0.1) is 0 Å². The molecular formula is C16H26N2. The minimum atomic E-state index is 0.671. The molecule has 0 aliphatic carbocycles. The van der Waals surface area contributed by atoms with Gasteiger partial charge in [-0.2, -0.15) is 0 Å². The Hall–Kier alpha value is -0.860. The molecule has 0 spiro atoms. The fourth-order valence-electron chi connectivity index (χ4n) is 3.08. The second kappa shape index (κ2) is 6.35. The third kappa shape index (κ3) is 3.82. The van der Waals surface area contributed by atoms with Crippen molar-refractivity contribution >= 4 is 0 Å². The van der Waals surface area contributed by atoms with Crippen molar-refractivity contribution in [3.8, 4) is 0 Å². The molecule has 2 atom stereocenters. The van der Waals surface area contributed by atoms with Gasteiger partial charge >= 0.3 is 0 Å². The maximum Gasteiger partial charge on any atom is 0.0198 e. The number of likely N-dealkylation sites (tertiary alicyclic amines) is 1. The minimum absolute atomic E-state index is 0.671. The van der Waals surface area contributed by atoms with E-state index in [9.17, 15) is 0 Å². The Morgan fingerprint density at radius 3 is 2.61 bits per heavy atom.